The van der Waals surface area contributed by atoms with E-state index in [9.17, 15) is 0 Å². The predicted octanol–water partition coefficient (Wildman–Crippen LogP) is 14.8. The maximum absolute atomic E-state index is 6.34. The van der Waals surface area contributed by atoms with Crippen LogP contribution in [0.4, 0.5) is 17.1 Å². The molecular formula is C56H48IrN3OSi. The van der Waals surface area contributed by atoms with Crippen molar-refractivity contribution in [1.29, 1.82) is 0 Å². The first-order chi connectivity index (χ1) is 29.7. The van der Waals surface area contributed by atoms with E-state index in [1.165, 1.54) is 49.7 Å². The van der Waals surface area contributed by atoms with Crippen molar-refractivity contribution in [3.05, 3.63) is 204 Å². The topological polar surface area (TPSA) is 43.4 Å². The molecule has 0 spiro atoms. The largest absolute Gasteiger partial charge is 3.00 e. The summed E-state index contributed by atoms with van der Waals surface area (Å²) in [5.74, 6) is 0.644. The van der Waals surface area contributed by atoms with Gasteiger partial charge < -0.3 is 19.6 Å². The molecule has 2 aromatic heterocycles. The van der Waals surface area contributed by atoms with Gasteiger partial charge in [0, 0.05) is 28.5 Å². The van der Waals surface area contributed by atoms with Gasteiger partial charge in [-0.3, -0.25) is 0 Å². The van der Waals surface area contributed by atoms with Crippen LogP contribution in [0.25, 0.3) is 60.8 Å². The summed E-state index contributed by atoms with van der Waals surface area (Å²) < 4.78 is 6.34. The van der Waals surface area contributed by atoms with Crippen molar-refractivity contribution in [3.8, 4) is 33.5 Å². The number of fused-ring (bicyclic) bond motifs is 7. The van der Waals surface area contributed by atoms with Crippen LogP contribution in [0.5, 0.6) is 0 Å². The SMILES string of the molecule is CC(C)Cc1cc(-c2[c-]ccc3c2Cc2ccccc2-3)ncc1[Si](C)(C)C.[Ir+3].[c-]1ccc2c(oc3ccccc32)c1C1[N-]c2ccccc2N1c1ccc(-c2ccccc2)cc1. The van der Waals surface area contributed by atoms with Gasteiger partial charge in [-0.1, -0.05) is 159 Å². The fourth-order valence-corrected chi connectivity index (χ4v) is 10.8. The molecule has 7 aromatic carbocycles. The van der Waals surface area contributed by atoms with Gasteiger partial charge in [0.25, 0.3) is 0 Å². The third kappa shape index (κ3) is 7.72. The fraction of sp³-hybridized carbons (Fsp3) is 0.161. The molecule has 0 N–H and O–H groups in total. The van der Waals surface area contributed by atoms with E-state index in [1.54, 1.807) is 0 Å². The van der Waals surface area contributed by atoms with E-state index in [2.05, 4.69) is 178 Å². The van der Waals surface area contributed by atoms with Crippen LogP contribution in [0, 0.1) is 18.1 Å². The van der Waals surface area contributed by atoms with Crippen LogP contribution >= 0.6 is 0 Å². The quantitative estimate of drug-likeness (QED) is 0.118. The van der Waals surface area contributed by atoms with Crippen molar-refractivity contribution < 1.29 is 24.5 Å². The molecule has 306 valence electrons. The third-order valence-corrected chi connectivity index (χ3v) is 14.1. The number of pyridine rings is 1. The molecule has 0 fully saturated rings. The van der Waals surface area contributed by atoms with E-state index >= 15 is 0 Å². The first-order valence-corrected chi connectivity index (χ1v) is 24.9. The Morgan fingerprint density at radius 1 is 0.742 bits per heavy atom. The number of anilines is 2. The molecule has 9 aromatic rings. The van der Waals surface area contributed by atoms with Gasteiger partial charge in [0.1, 0.15) is 5.58 Å². The molecule has 11 rings (SSSR count). The minimum Gasteiger partial charge on any atom is -0.661 e. The summed E-state index contributed by atoms with van der Waals surface area (Å²) in [5, 5.41) is 8.82. The van der Waals surface area contributed by atoms with E-state index < -0.39 is 8.07 Å². The van der Waals surface area contributed by atoms with E-state index in [0.29, 0.717) is 5.92 Å². The Morgan fingerprint density at radius 3 is 2.26 bits per heavy atom. The molecule has 62 heavy (non-hydrogen) atoms. The number of rotatable bonds is 7. The van der Waals surface area contributed by atoms with Crippen molar-refractivity contribution in [3.63, 3.8) is 0 Å². The van der Waals surface area contributed by atoms with Gasteiger partial charge in [-0.2, -0.15) is 18.2 Å². The summed E-state index contributed by atoms with van der Waals surface area (Å²) >= 11 is 0. The molecule has 1 aliphatic heterocycles. The average molecular weight is 999 g/mol. The van der Waals surface area contributed by atoms with Crippen molar-refractivity contribution in [2.45, 2.75) is 52.5 Å². The Balaban J connectivity index is 0.000000160. The van der Waals surface area contributed by atoms with Gasteiger partial charge in [0.05, 0.1) is 8.07 Å². The van der Waals surface area contributed by atoms with E-state index in [1.807, 2.05) is 36.4 Å². The molecule has 3 heterocycles. The number of para-hydroxylation sites is 3. The molecule has 2 aliphatic rings. The zero-order valence-electron chi connectivity index (χ0n) is 35.7. The summed E-state index contributed by atoms with van der Waals surface area (Å²) in [6.07, 6.45) is 4.00. The summed E-state index contributed by atoms with van der Waals surface area (Å²) in [4.78, 5) is 7.21. The van der Waals surface area contributed by atoms with Gasteiger partial charge in [0.15, 0.2) is 0 Å². The maximum atomic E-state index is 6.34. The summed E-state index contributed by atoms with van der Waals surface area (Å²) in [7, 11) is -1.41. The second kappa shape index (κ2) is 17.0. The standard InChI is InChI=1S/C31H20N2O.C25H28NSi.Ir/c1-2-9-21(10-3-1)22-17-19-23(20-18-22)33-28-15-6-5-14-27(28)32-31(33)26-13-8-12-25-24-11-4-7-16-29(24)34-30(25)26;1-17(2)13-19-15-24(26-16-25(19)27(3,4)5)22-12-8-11-21-20-10-7-6-9-18(20)14-23(21)22;/h1-12,14-20,31H;6-11,15-17H,13-14H2,1-5H3;/q-2;-1;+3. The summed E-state index contributed by atoms with van der Waals surface area (Å²) in [5.41, 5.74) is 17.4. The van der Waals surface area contributed by atoms with Crippen LogP contribution in [0.2, 0.25) is 19.6 Å². The first-order valence-electron chi connectivity index (χ1n) is 21.4. The van der Waals surface area contributed by atoms with Crippen LogP contribution in [0.1, 0.15) is 42.3 Å². The Morgan fingerprint density at radius 2 is 1.45 bits per heavy atom. The Bertz CT molecular complexity index is 3040. The molecule has 1 unspecified atom stereocenters. The molecule has 6 heteroatoms. The molecule has 0 bridgehead atoms. The number of nitrogens with zero attached hydrogens (tertiary/aromatic N) is 3. The van der Waals surface area contributed by atoms with Gasteiger partial charge >= 0.3 is 20.1 Å². The van der Waals surface area contributed by atoms with E-state index in [4.69, 9.17) is 14.7 Å². The zero-order chi connectivity index (χ0) is 41.7. The minimum atomic E-state index is -1.41. The van der Waals surface area contributed by atoms with Gasteiger partial charge in [-0.25, -0.2) is 0 Å². The Kier molecular flexibility index (Phi) is 11.3. The van der Waals surface area contributed by atoms with E-state index in [0.717, 1.165) is 63.1 Å². The van der Waals surface area contributed by atoms with Crippen molar-refractivity contribution >= 4 is 52.3 Å². The smallest absolute Gasteiger partial charge is 0.661 e. The van der Waals surface area contributed by atoms with Gasteiger partial charge in [-0.15, -0.1) is 40.6 Å². The average Bonchev–Trinajstić information content (AvgIpc) is 3.98. The second-order valence-corrected chi connectivity index (χ2v) is 22.7. The predicted molar refractivity (Wildman–Crippen MR) is 257 cm³/mol. The molecule has 0 saturated heterocycles. The number of aromatic nitrogens is 1. The Labute approximate surface area is 380 Å². The van der Waals surface area contributed by atoms with Crippen LogP contribution in [0.3, 0.4) is 0 Å². The van der Waals surface area contributed by atoms with Gasteiger partial charge in [0.2, 0.25) is 0 Å². The maximum Gasteiger partial charge on any atom is 3.00 e. The fourth-order valence-electron chi connectivity index (χ4n) is 9.16. The van der Waals surface area contributed by atoms with Crippen LogP contribution in [-0.2, 0) is 32.9 Å². The van der Waals surface area contributed by atoms with E-state index in [-0.39, 0.29) is 26.3 Å². The molecule has 1 aliphatic carbocycles. The molecule has 0 amide bonds. The zero-order valence-corrected chi connectivity index (χ0v) is 39.1. The van der Waals surface area contributed by atoms with Crippen LogP contribution < -0.4 is 10.1 Å². The third-order valence-electron chi connectivity index (χ3n) is 12.0. The molecule has 0 saturated carbocycles. The number of benzene rings is 7. The van der Waals surface area contributed by atoms with Crippen molar-refractivity contribution in [2.24, 2.45) is 5.92 Å². The van der Waals surface area contributed by atoms with Crippen molar-refractivity contribution in [1.82, 2.24) is 4.98 Å². The van der Waals surface area contributed by atoms with Gasteiger partial charge in [-0.05, 0) is 82.3 Å². The second-order valence-electron chi connectivity index (χ2n) is 17.7. The molecule has 1 atom stereocenters. The van der Waals surface area contributed by atoms with Crippen LogP contribution in [-0.4, -0.2) is 13.1 Å². The molecule has 0 radical (unpaired) electrons. The van der Waals surface area contributed by atoms with Crippen molar-refractivity contribution in [2.75, 3.05) is 4.90 Å². The first kappa shape index (κ1) is 41.3. The number of hydrogen-bond donors (Lipinski definition) is 0. The normalized spacial score (nSPS) is 13.8. The Hall–Kier alpha value is -6.04. The molecular weight excluding hydrogens is 951 g/mol. The monoisotopic (exact) mass is 999 g/mol. The summed E-state index contributed by atoms with van der Waals surface area (Å²) in [6, 6.07) is 62.0. The minimum absolute atomic E-state index is 0. The van der Waals surface area contributed by atoms with Crippen LogP contribution in [0.15, 0.2) is 168 Å². The summed E-state index contributed by atoms with van der Waals surface area (Å²) in [6.45, 7) is 11.8. The number of hydrogen-bond acceptors (Lipinski definition) is 3. The number of furan rings is 1. The molecule has 4 nitrogen and oxygen atoms in total.